The van der Waals surface area contributed by atoms with Gasteiger partial charge in [0, 0.05) is 16.9 Å². The molecule has 69 heavy (non-hydrogen) atoms. The third-order valence-electron chi connectivity index (χ3n) is 14.0. The molecule has 0 aliphatic carbocycles. The van der Waals surface area contributed by atoms with Crippen LogP contribution in [0.15, 0.2) is 273 Å². The number of benzene rings is 13. The Hall–Kier alpha value is -9.04. The monoisotopic (exact) mass is 875 g/mol. The molecule has 0 N–H and O–H groups in total. The van der Waals surface area contributed by atoms with E-state index in [1.807, 2.05) is 0 Å². The normalized spacial score (nSPS) is 11.5. The Kier molecular flexibility index (Phi) is 9.91. The molecule has 13 aromatic carbocycles. The van der Waals surface area contributed by atoms with E-state index in [0.29, 0.717) is 0 Å². The highest BCUT2D eigenvalue weighted by atomic mass is 15.1. The second-order valence-electron chi connectivity index (χ2n) is 18.0. The molecule has 13 aromatic rings. The number of rotatable bonds is 8. The first kappa shape index (κ1) is 40.3. The molecule has 0 aliphatic heterocycles. The van der Waals surface area contributed by atoms with Gasteiger partial charge in [0.15, 0.2) is 0 Å². The van der Waals surface area contributed by atoms with Gasteiger partial charge < -0.3 is 4.90 Å². The Morgan fingerprint density at radius 1 is 0.203 bits per heavy atom. The van der Waals surface area contributed by atoms with Gasteiger partial charge in [0.05, 0.1) is 5.69 Å². The molecule has 0 saturated carbocycles. The Bertz CT molecular complexity index is 4040. The number of nitrogens with zero attached hydrogens (tertiary/aromatic N) is 1. The average molecular weight is 876 g/mol. The Labute approximate surface area is 402 Å². The number of para-hydroxylation sites is 1. The fourth-order valence-electron chi connectivity index (χ4n) is 10.8. The van der Waals surface area contributed by atoms with Gasteiger partial charge in [0.1, 0.15) is 0 Å². The predicted octanol–water partition coefficient (Wildman–Crippen LogP) is 19.3. The van der Waals surface area contributed by atoms with E-state index in [1.54, 1.807) is 0 Å². The van der Waals surface area contributed by atoms with Crippen LogP contribution >= 0.6 is 0 Å². The second-order valence-corrected chi connectivity index (χ2v) is 18.0. The van der Waals surface area contributed by atoms with Crippen LogP contribution in [0.5, 0.6) is 0 Å². The van der Waals surface area contributed by atoms with E-state index in [4.69, 9.17) is 0 Å². The van der Waals surface area contributed by atoms with Crippen molar-refractivity contribution in [3.63, 3.8) is 0 Å². The molecular weight excluding hydrogens is 831 g/mol. The summed E-state index contributed by atoms with van der Waals surface area (Å²) in [5.74, 6) is 0. The topological polar surface area (TPSA) is 3.24 Å². The van der Waals surface area contributed by atoms with E-state index >= 15 is 0 Å². The first-order chi connectivity index (χ1) is 34.2. The lowest BCUT2D eigenvalue weighted by atomic mass is 9.84. The van der Waals surface area contributed by atoms with Gasteiger partial charge in [-0.2, -0.15) is 0 Å². The van der Waals surface area contributed by atoms with Crippen molar-refractivity contribution in [3.8, 4) is 55.6 Å². The maximum Gasteiger partial charge on any atom is 0.0540 e. The van der Waals surface area contributed by atoms with Crippen LogP contribution in [0.3, 0.4) is 0 Å². The van der Waals surface area contributed by atoms with Crippen molar-refractivity contribution in [1.82, 2.24) is 0 Å². The van der Waals surface area contributed by atoms with Crippen molar-refractivity contribution in [2.24, 2.45) is 0 Å². The van der Waals surface area contributed by atoms with Gasteiger partial charge in [-0.15, -0.1) is 0 Å². The fourth-order valence-corrected chi connectivity index (χ4v) is 10.8. The number of fused-ring (bicyclic) bond motifs is 7. The van der Waals surface area contributed by atoms with Crippen LogP contribution in [-0.2, 0) is 0 Å². The molecule has 0 saturated heterocycles. The molecule has 0 aliphatic rings. The Morgan fingerprint density at radius 3 is 1.46 bits per heavy atom. The lowest BCUT2D eigenvalue weighted by molar-refractivity contribution is 1.29. The number of anilines is 3. The maximum atomic E-state index is 2.44. The summed E-state index contributed by atoms with van der Waals surface area (Å²) in [6.45, 7) is 0. The van der Waals surface area contributed by atoms with Crippen molar-refractivity contribution in [3.05, 3.63) is 273 Å². The molecule has 0 radical (unpaired) electrons. The minimum Gasteiger partial charge on any atom is -0.310 e. The Morgan fingerprint density at radius 2 is 0.696 bits per heavy atom. The lowest BCUT2D eigenvalue weighted by Gasteiger charge is -2.28. The molecule has 1 nitrogen and oxygen atoms in total. The molecule has 1 heteroatoms. The highest BCUT2D eigenvalue weighted by molar-refractivity contribution is 6.22. The highest BCUT2D eigenvalue weighted by Gasteiger charge is 2.22. The molecule has 0 fully saturated rings. The van der Waals surface area contributed by atoms with Crippen molar-refractivity contribution < 1.29 is 0 Å². The summed E-state index contributed by atoms with van der Waals surface area (Å²) in [4.78, 5) is 2.44. The SMILES string of the molecule is c1ccc(-c2ccc3cc(N(c4ccc(-c5cccc6c5ccc5ccccc56)cc4)c4ccccc4-c4ccc5c(c4)c(-c4ccccc4)c(-c4ccccc4)c4ccccc45)ccc3c2)cc1. The molecule has 0 spiro atoms. The van der Waals surface area contributed by atoms with Crippen molar-refractivity contribution in [2.75, 3.05) is 4.90 Å². The molecule has 13 rings (SSSR count). The van der Waals surface area contributed by atoms with Crippen LogP contribution in [0.2, 0.25) is 0 Å². The quantitative estimate of drug-likeness (QED) is 0.138. The molecule has 0 unspecified atom stereocenters. The van der Waals surface area contributed by atoms with Crippen LogP contribution in [0.25, 0.3) is 109 Å². The molecule has 322 valence electrons. The minimum absolute atomic E-state index is 1.08. The average Bonchev–Trinajstić information content (AvgIpc) is 3.43. The predicted molar refractivity (Wildman–Crippen MR) is 296 cm³/mol. The van der Waals surface area contributed by atoms with Gasteiger partial charge in [-0.05, 0) is 146 Å². The third kappa shape index (κ3) is 7.12. The standard InChI is InChI=1S/C68H45N/c1-4-17-46(18-5-1)51-31-32-53-44-56(40-35-52(53)43-51)69(55-38-33-48(34-39-55)58-28-16-29-60-57-24-11-10-19-47(57)36-41-62(58)60)66-30-15-14-25-59(66)54-37-42-63-61-26-12-13-27-64(61)67(49-20-6-2-7-21-49)68(65(63)45-54)50-22-8-3-9-23-50/h1-45H. The van der Waals surface area contributed by atoms with E-state index in [1.165, 1.54) is 98.4 Å². The third-order valence-corrected chi connectivity index (χ3v) is 14.0. The van der Waals surface area contributed by atoms with E-state index in [0.717, 1.165) is 28.2 Å². The van der Waals surface area contributed by atoms with Gasteiger partial charge >= 0.3 is 0 Å². The van der Waals surface area contributed by atoms with E-state index < -0.39 is 0 Å². The molecule has 0 heterocycles. The lowest BCUT2D eigenvalue weighted by Crippen LogP contribution is -2.11. The summed E-state index contributed by atoms with van der Waals surface area (Å²) in [6.07, 6.45) is 0. The van der Waals surface area contributed by atoms with Gasteiger partial charge in [0.2, 0.25) is 0 Å². The van der Waals surface area contributed by atoms with Crippen LogP contribution in [0.1, 0.15) is 0 Å². The van der Waals surface area contributed by atoms with Crippen LogP contribution in [0.4, 0.5) is 17.1 Å². The molecule has 0 atom stereocenters. The van der Waals surface area contributed by atoms with Gasteiger partial charge in [-0.1, -0.05) is 231 Å². The summed E-state index contributed by atoms with van der Waals surface area (Å²) >= 11 is 0. The Balaban J connectivity index is 1.01. The maximum absolute atomic E-state index is 2.44. The van der Waals surface area contributed by atoms with Crippen molar-refractivity contribution in [1.29, 1.82) is 0 Å². The first-order valence-corrected chi connectivity index (χ1v) is 23.8. The fraction of sp³-hybridized carbons (Fsp3) is 0. The molecule has 0 amide bonds. The van der Waals surface area contributed by atoms with Gasteiger partial charge in [-0.25, -0.2) is 0 Å². The van der Waals surface area contributed by atoms with Gasteiger partial charge in [-0.3, -0.25) is 0 Å². The summed E-state index contributed by atoms with van der Waals surface area (Å²) in [6, 6.07) is 100. The van der Waals surface area contributed by atoms with Crippen LogP contribution in [-0.4, -0.2) is 0 Å². The zero-order valence-corrected chi connectivity index (χ0v) is 37.9. The second kappa shape index (κ2) is 17.0. The van der Waals surface area contributed by atoms with Crippen molar-refractivity contribution >= 4 is 70.9 Å². The van der Waals surface area contributed by atoms with Crippen LogP contribution < -0.4 is 4.90 Å². The number of hydrogen-bond donors (Lipinski definition) is 0. The number of hydrogen-bond acceptors (Lipinski definition) is 1. The summed E-state index contributed by atoms with van der Waals surface area (Å²) in [7, 11) is 0. The largest absolute Gasteiger partial charge is 0.310 e. The van der Waals surface area contributed by atoms with Crippen molar-refractivity contribution in [2.45, 2.75) is 0 Å². The first-order valence-electron chi connectivity index (χ1n) is 23.8. The van der Waals surface area contributed by atoms with E-state index in [-0.39, 0.29) is 0 Å². The molecular formula is C68H45N. The minimum atomic E-state index is 1.08. The van der Waals surface area contributed by atoms with Gasteiger partial charge in [0.25, 0.3) is 0 Å². The van der Waals surface area contributed by atoms with Crippen LogP contribution in [0, 0.1) is 0 Å². The summed E-state index contributed by atoms with van der Waals surface area (Å²) in [5.41, 5.74) is 15.3. The smallest absolute Gasteiger partial charge is 0.0540 e. The van der Waals surface area contributed by atoms with E-state index in [9.17, 15) is 0 Å². The zero-order valence-electron chi connectivity index (χ0n) is 37.9. The molecule has 0 bridgehead atoms. The zero-order chi connectivity index (χ0) is 45.7. The summed E-state index contributed by atoms with van der Waals surface area (Å²) < 4.78 is 0. The summed E-state index contributed by atoms with van der Waals surface area (Å²) in [5, 5.41) is 12.4. The highest BCUT2D eigenvalue weighted by Crippen LogP contribution is 2.48. The molecule has 0 aromatic heterocycles. The van der Waals surface area contributed by atoms with E-state index in [2.05, 4.69) is 278 Å².